The Bertz CT molecular complexity index is 1180. The molecule has 14 heteroatoms. The lowest BCUT2D eigenvalue weighted by Crippen LogP contribution is -2.45. The van der Waals surface area contributed by atoms with Crippen LogP contribution >= 0.6 is 0 Å². The fourth-order valence-electron chi connectivity index (χ4n) is 3.78. The van der Waals surface area contributed by atoms with Crippen molar-refractivity contribution in [2.24, 2.45) is 0 Å². The van der Waals surface area contributed by atoms with Gasteiger partial charge in [-0.2, -0.15) is 43.9 Å². The van der Waals surface area contributed by atoms with E-state index in [9.17, 15) is 52.7 Å². The summed E-state index contributed by atoms with van der Waals surface area (Å²) in [6, 6.07) is 16.4. The molecule has 0 aliphatic heterocycles. The van der Waals surface area contributed by atoms with Crippen LogP contribution in [0.2, 0.25) is 0 Å². The van der Waals surface area contributed by atoms with Crippen LogP contribution in [-0.2, 0) is 5.41 Å². The van der Waals surface area contributed by atoms with Gasteiger partial charge in [-0.3, -0.25) is 0 Å². The molecule has 0 saturated carbocycles. The van der Waals surface area contributed by atoms with Gasteiger partial charge in [0.25, 0.3) is 12.3 Å². The molecule has 0 bridgehead atoms. The minimum absolute atomic E-state index is 0.307. The largest absolute Gasteiger partial charge is 0.439 e. The van der Waals surface area contributed by atoms with Crippen LogP contribution in [-0.4, -0.2) is 36.9 Å². The Labute approximate surface area is 219 Å². The molecule has 2 atom stereocenters. The van der Waals surface area contributed by atoms with Gasteiger partial charge < -0.3 is 9.47 Å². The number of benzene rings is 3. The lowest BCUT2D eigenvalue weighted by atomic mass is 9.71. The summed E-state index contributed by atoms with van der Waals surface area (Å²) in [5, 5.41) is 0. The van der Waals surface area contributed by atoms with Crippen molar-refractivity contribution in [3.8, 4) is 11.5 Å². The molecule has 3 aromatic rings. The predicted molar refractivity (Wildman–Crippen MR) is 118 cm³/mol. The van der Waals surface area contributed by atoms with E-state index in [1.54, 1.807) is 37.3 Å². The van der Waals surface area contributed by atoms with E-state index >= 15 is 0 Å². The Morgan fingerprint density at radius 3 is 1.07 bits per heavy atom. The van der Waals surface area contributed by atoms with Crippen molar-refractivity contribution < 1.29 is 62.2 Å². The number of hydrogen-bond donors (Lipinski definition) is 0. The number of hydrogen-bond acceptors (Lipinski definition) is 2. The normalized spacial score (nSPS) is 16.1. The first-order valence-electron chi connectivity index (χ1n) is 11.1. The Kier molecular flexibility index (Phi) is 8.33. The molecular formula is C26H18F12O2. The summed E-state index contributed by atoms with van der Waals surface area (Å²) in [6.45, 7) is 1.60. The van der Waals surface area contributed by atoms with Gasteiger partial charge in [0, 0.05) is 5.41 Å². The van der Waals surface area contributed by atoms with Crippen molar-refractivity contribution in [3.63, 3.8) is 0 Å². The zero-order valence-corrected chi connectivity index (χ0v) is 20.0. The van der Waals surface area contributed by atoms with E-state index in [4.69, 9.17) is 0 Å². The molecule has 0 amide bonds. The zero-order chi connectivity index (χ0) is 30.1. The van der Waals surface area contributed by atoms with Gasteiger partial charge in [-0.05, 0) is 47.9 Å². The van der Waals surface area contributed by atoms with Gasteiger partial charge in [0.2, 0.25) is 0 Å². The molecule has 0 aromatic heterocycles. The average molecular weight is 590 g/mol. The summed E-state index contributed by atoms with van der Waals surface area (Å²) in [4.78, 5) is 0. The van der Waals surface area contributed by atoms with E-state index < -0.39 is 53.8 Å². The van der Waals surface area contributed by atoms with E-state index in [1.807, 2.05) is 0 Å². The fraction of sp³-hybridized carbons (Fsp3) is 0.308. The van der Waals surface area contributed by atoms with Crippen molar-refractivity contribution >= 4 is 0 Å². The van der Waals surface area contributed by atoms with Gasteiger partial charge >= 0.3 is 24.6 Å². The first kappa shape index (κ1) is 31.0. The second-order valence-corrected chi connectivity index (χ2v) is 8.68. The molecule has 0 N–H and O–H groups in total. The van der Waals surface area contributed by atoms with Crippen LogP contribution < -0.4 is 9.47 Å². The van der Waals surface area contributed by atoms with Gasteiger partial charge in [0.1, 0.15) is 11.5 Å². The minimum Gasteiger partial charge on any atom is -0.430 e. The zero-order valence-electron chi connectivity index (χ0n) is 20.0. The summed E-state index contributed by atoms with van der Waals surface area (Å²) >= 11 is 0. The van der Waals surface area contributed by atoms with Gasteiger partial charge in [0.05, 0.1) is 0 Å². The van der Waals surface area contributed by atoms with Crippen LogP contribution in [0.3, 0.4) is 0 Å². The Morgan fingerprint density at radius 2 is 0.775 bits per heavy atom. The second kappa shape index (κ2) is 10.8. The van der Waals surface area contributed by atoms with Gasteiger partial charge in [0.15, 0.2) is 0 Å². The third-order valence-corrected chi connectivity index (χ3v) is 5.89. The van der Waals surface area contributed by atoms with Crippen molar-refractivity contribution in [2.75, 3.05) is 0 Å². The predicted octanol–water partition coefficient (Wildman–Crippen LogP) is 8.78. The first-order valence-corrected chi connectivity index (χ1v) is 11.1. The highest BCUT2D eigenvalue weighted by molar-refractivity contribution is 5.51. The Balaban J connectivity index is 1.95. The van der Waals surface area contributed by atoms with Crippen LogP contribution in [0.15, 0.2) is 78.9 Å². The highest BCUT2D eigenvalue weighted by Gasteiger charge is 2.60. The highest BCUT2D eigenvalue weighted by Crippen LogP contribution is 2.42. The van der Waals surface area contributed by atoms with Crippen LogP contribution in [0.5, 0.6) is 11.5 Å². The quantitative estimate of drug-likeness (QED) is 0.183. The van der Waals surface area contributed by atoms with E-state index in [0.717, 1.165) is 24.3 Å². The van der Waals surface area contributed by atoms with Gasteiger partial charge in [-0.25, -0.2) is 8.78 Å². The molecular weight excluding hydrogens is 572 g/mol. The molecule has 0 aliphatic carbocycles. The van der Waals surface area contributed by atoms with Crippen LogP contribution in [0, 0.1) is 0 Å². The third-order valence-electron chi connectivity index (χ3n) is 5.89. The molecule has 0 heterocycles. The number of halogens is 12. The molecule has 3 rings (SSSR count). The van der Waals surface area contributed by atoms with Gasteiger partial charge in [-0.15, -0.1) is 0 Å². The Hall–Kier alpha value is -3.58. The number of alkyl halides is 12. The van der Waals surface area contributed by atoms with Crippen LogP contribution in [0.4, 0.5) is 52.7 Å². The van der Waals surface area contributed by atoms with Crippen molar-refractivity contribution in [1.29, 1.82) is 0 Å². The molecule has 2 unspecified atom stereocenters. The SMILES string of the molecule is CC(c1ccccc1)(c1ccc(OC(F)(F)C(F)C(F)(F)F)cc1)c1ccc(OC(F)(F)C(F)C(F)(F)F)cc1. The fourth-order valence-corrected chi connectivity index (χ4v) is 3.78. The maximum Gasteiger partial charge on any atom is 0.439 e. The highest BCUT2D eigenvalue weighted by atomic mass is 19.4. The second-order valence-electron chi connectivity index (χ2n) is 8.68. The smallest absolute Gasteiger partial charge is 0.430 e. The average Bonchev–Trinajstić information content (AvgIpc) is 2.87. The molecule has 0 radical (unpaired) electrons. The molecule has 2 nitrogen and oxygen atoms in total. The van der Waals surface area contributed by atoms with Crippen molar-refractivity contribution in [1.82, 2.24) is 0 Å². The van der Waals surface area contributed by atoms with Gasteiger partial charge in [-0.1, -0.05) is 54.6 Å². The summed E-state index contributed by atoms with van der Waals surface area (Å²) < 4.78 is 163. The maximum atomic E-state index is 13.7. The standard InChI is InChI=1S/C26H18F12O2/c1-22(15-5-3-2-4-6-15,16-7-11-18(12-8-16)39-25(35,36)20(27)23(29,30)31)17-9-13-19(14-10-17)40-26(37,38)21(28)24(32,33)34/h2-14,20-21H,1H3. The van der Waals surface area contributed by atoms with Crippen molar-refractivity contribution in [2.45, 2.75) is 49.3 Å². The third kappa shape index (κ3) is 6.58. The molecule has 0 fully saturated rings. The summed E-state index contributed by atoms with van der Waals surface area (Å²) in [6.07, 6.45) is -31.4. The molecule has 3 aromatic carbocycles. The van der Waals surface area contributed by atoms with E-state index in [0.29, 0.717) is 16.7 Å². The first-order chi connectivity index (χ1) is 18.3. The molecule has 0 spiro atoms. The summed E-state index contributed by atoms with van der Waals surface area (Å²) in [7, 11) is 0. The molecule has 0 saturated heterocycles. The number of ether oxygens (including phenoxy) is 2. The monoisotopic (exact) mass is 590 g/mol. The minimum atomic E-state index is -5.88. The molecule has 218 valence electrons. The topological polar surface area (TPSA) is 18.5 Å². The van der Waals surface area contributed by atoms with Crippen LogP contribution in [0.25, 0.3) is 0 Å². The van der Waals surface area contributed by atoms with E-state index in [1.165, 1.54) is 24.3 Å². The van der Waals surface area contributed by atoms with E-state index in [2.05, 4.69) is 9.47 Å². The lowest BCUT2D eigenvalue weighted by molar-refractivity contribution is -0.305. The lowest BCUT2D eigenvalue weighted by Gasteiger charge is -2.32. The molecule has 0 aliphatic rings. The summed E-state index contributed by atoms with van der Waals surface area (Å²) in [5.41, 5.74) is -0.0643. The van der Waals surface area contributed by atoms with E-state index in [-0.39, 0.29) is 0 Å². The maximum absolute atomic E-state index is 13.7. The van der Waals surface area contributed by atoms with Crippen molar-refractivity contribution in [3.05, 3.63) is 95.6 Å². The Morgan fingerprint density at radius 1 is 0.475 bits per heavy atom. The summed E-state index contributed by atoms with van der Waals surface area (Å²) in [5.74, 6) is -1.60. The van der Waals surface area contributed by atoms with Crippen LogP contribution in [0.1, 0.15) is 23.6 Å². The molecule has 40 heavy (non-hydrogen) atoms. The number of rotatable bonds is 9.